The van der Waals surface area contributed by atoms with Gasteiger partial charge in [0.2, 0.25) is 11.2 Å². The van der Waals surface area contributed by atoms with Crippen LogP contribution in [0.3, 0.4) is 0 Å². The molecule has 5 N–H and O–H groups in total. The third kappa shape index (κ3) is 5.37. The summed E-state index contributed by atoms with van der Waals surface area (Å²) in [5, 5.41) is 47.9. The zero-order valence-electron chi connectivity index (χ0n) is 18.7. The molecule has 0 bridgehead atoms. The number of halogens is 1. The average molecular weight is 612 g/mol. The van der Waals surface area contributed by atoms with E-state index in [4.69, 9.17) is 13.3 Å². The van der Waals surface area contributed by atoms with Gasteiger partial charge in [-0.25, -0.2) is 0 Å². The van der Waals surface area contributed by atoms with E-state index < -0.39 is 41.3 Å². The standard InChI is InChI=1S/C15H10O7.2C6H5.ClH.Sn.H/c16-6-1-2-8(9(18)3-6)15-14(21)13(20)12-10(19)4-7(17)5-11(12)22-15;2*1-2-4-6-5-3-1;;;/h1-5,16-19,21H;2*1-5H;1H;;/q;;;;+1;/p-1. The fourth-order valence-corrected chi connectivity index (χ4v) is 9.85. The molecule has 5 aromatic rings. The Morgan fingerprint density at radius 2 is 1.22 bits per heavy atom. The summed E-state index contributed by atoms with van der Waals surface area (Å²) in [4.78, 5) is 12.2. The minimum atomic E-state index is -2.16. The molecule has 0 amide bonds. The van der Waals surface area contributed by atoms with Crippen LogP contribution < -0.4 is 12.6 Å². The molecule has 5 rings (SSSR count). The van der Waals surface area contributed by atoms with Gasteiger partial charge in [0.25, 0.3) is 0 Å². The third-order valence-corrected chi connectivity index (χ3v) is 14.3. The van der Waals surface area contributed by atoms with Crippen molar-refractivity contribution in [2.45, 2.75) is 0 Å². The van der Waals surface area contributed by atoms with Gasteiger partial charge < -0.3 is 29.9 Å². The van der Waals surface area contributed by atoms with Crippen molar-refractivity contribution in [3.05, 3.63) is 101 Å². The SMILES string of the molecule is O=c1c(O)c(-c2ccc(O)cc2O)oc2cc(O)cc(O)c12.[Cl][SnH]([c]1ccccc1)[c]1ccccc1. The van der Waals surface area contributed by atoms with E-state index in [1.54, 1.807) is 0 Å². The fraction of sp³-hybridized carbons (Fsp3) is 0. The Morgan fingerprint density at radius 1 is 0.667 bits per heavy atom. The molecule has 0 aliphatic rings. The Morgan fingerprint density at radius 3 is 1.78 bits per heavy atom. The summed E-state index contributed by atoms with van der Waals surface area (Å²) in [6, 6.07) is 26.4. The van der Waals surface area contributed by atoms with Crippen LogP contribution in [0.5, 0.6) is 28.7 Å². The molecule has 0 saturated carbocycles. The first-order valence-corrected chi connectivity index (χ1v) is 18.2. The molecule has 0 aliphatic carbocycles. The minimum absolute atomic E-state index is 0.0304. The van der Waals surface area contributed by atoms with Gasteiger partial charge in [-0.3, -0.25) is 4.79 Å². The Balaban J connectivity index is 0.000000187. The number of benzene rings is 4. The second-order valence-electron chi connectivity index (χ2n) is 7.83. The van der Waals surface area contributed by atoms with Gasteiger partial charge in [0.05, 0.1) is 5.56 Å². The van der Waals surface area contributed by atoms with Crippen LogP contribution in [0.2, 0.25) is 0 Å². The molecule has 0 spiro atoms. The summed E-state index contributed by atoms with van der Waals surface area (Å²) in [6.45, 7) is 0. The first kappa shape index (κ1) is 25.3. The van der Waals surface area contributed by atoms with E-state index in [0.29, 0.717) is 0 Å². The predicted molar refractivity (Wildman–Crippen MR) is 141 cm³/mol. The van der Waals surface area contributed by atoms with E-state index >= 15 is 0 Å². The first-order chi connectivity index (χ1) is 17.3. The molecule has 0 unspecified atom stereocenters. The Labute approximate surface area is 216 Å². The van der Waals surface area contributed by atoms with Crippen LogP contribution in [0.4, 0.5) is 0 Å². The van der Waals surface area contributed by atoms with E-state index in [1.807, 2.05) is 12.1 Å². The number of phenolic OH excluding ortho intramolecular Hbond substituents is 4. The van der Waals surface area contributed by atoms with Gasteiger partial charge in [-0.1, -0.05) is 0 Å². The van der Waals surface area contributed by atoms with Crippen LogP contribution in [0.1, 0.15) is 0 Å². The van der Waals surface area contributed by atoms with Gasteiger partial charge in [-0.2, -0.15) is 0 Å². The molecule has 36 heavy (non-hydrogen) atoms. The van der Waals surface area contributed by atoms with Crippen molar-refractivity contribution in [2.75, 3.05) is 0 Å². The summed E-state index contributed by atoms with van der Waals surface area (Å²) >= 11 is -2.16. The van der Waals surface area contributed by atoms with Crippen LogP contribution in [-0.4, -0.2) is 44.2 Å². The average Bonchev–Trinajstić information content (AvgIpc) is 2.87. The van der Waals surface area contributed by atoms with Gasteiger partial charge in [0, 0.05) is 18.2 Å². The molecule has 0 radical (unpaired) electrons. The molecule has 0 aliphatic heterocycles. The van der Waals surface area contributed by atoms with Crippen LogP contribution in [0.15, 0.2) is 100 Å². The molecular formula is C27H21ClO7Sn. The van der Waals surface area contributed by atoms with Crippen LogP contribution in [-0.2, 0) is 0 Å². The van der Waals surface area contributed by atoms with E-state index in [0.717, 1.165) is 18.2 Å². The number of hydrogen-bond donors (Lipinski definition) is 5. The summed E-state index contributed by atoms with van der Waals surface area (Å²) in [7, 11) is 6.54. The van der Waals surface area contributed by atoms with Crippen LogP contribution in [0, 0.1) is 0 Å². The Kier molecular flexibility index (Phi) is 7.61. The van der Waals surface area contributed by atoms with Gasteiger partial charge in [-0.05, 0) is 12.1 Å². The number of phenols is 4. The normalized spacial score (nSPS) is 10.7. The van der Waals surface area contributed by atoms with Crippen molar-refractivity contribution < 1.29 is 29.9 Å². The molecule has 0 saturated heterocycles. The molecule has 1 heterocycles. The Bertz CT molecular complexity index is 1530. The fourth-order valence-electron chi connectivity index (χ4n) is 3.61. The molecule has 0 fully saturated rings. The third-order valence-electron chi connectivity index (χ3n) is 5.35. The summed E-state index contributed by atoms with van der Waals surface area (Å²) in [5.74, 6) is -2.66. The van der Waals surface area contributed by atoms with Crippen molar-refractivity contribution >= 4 is 45.7 Å². The molecule has 9 heteroatoms. The van der Waals surface area contributed by atoms with E-state index in [-0.39, 0.29) is 33.8 Å². The molecule has 0 atom stereocenters. The van der Waals surface area contributed by atoms with Crippen molar-refractivity contribution in [1.82, 2.24) is 0 Å². The van der Waals surface area contributed by atoms with Crippen LogP contribution in [0.25, 0.3) is 22.3 Å². The van der Waals surface area contributed by atoms with Gasteiger partial charge in [0.15, 0.2) is 5.76 Å². The summed E-state index contributed by atoms with van der Waals surface area (Å²) < 4.78 is 8.03. The van der Waals surface area contributed by atoms with Crippen molar-refractivity contribution in [1.29, 1.82) is 0 Å². The van der Waals surface area contributed by atoms with Crippen molar-refractivity contribution in [3.8, 4) is 40.1 Å². The zero-order valence-corrected chi connectivity index (χ0v) is 22.7. The molecule has 182 valence electrons. The molecular weight excluding hydrogens is 590 g/mol. The van der Waals surface area contributed by atoms with Crippen LogP contribution >= 0.6 is 8.92 Å². The summed E-state index contributed by atoms with van der Waals surface area (Å²) in [5.41, 5.74) is -1.11. The summed E-state index contributed by atoms with van der Waals surface area (Å²) in [6.07, 6.45) is 0. The first-order valence-electron chi connectivity index (χ1n) is 10.7. The van der Waals surface area contributed by atoms with Gasteiger partial charge in [0.1, 0.15) is 34.0 Å². The number of hydrogen-bond acceptors (Lipinski definition) is 7. The van der Waals surface area contributed by atoms with Crippen molar-refractivity contribution in [3.63, 3.8) is 0 Å². The second kappa shape index (κ2) is 10.8. The van der Waals surface area contributed by atoms with E-state index in [2.05, 4.69) is 48.5 Å². The van der Waals surface area contributed by atoms with E-state index in [9.17, 15) is 30.3 Å². The topological polar surface area (TPSA) is 131 Å². The molecule has 7 nitrogen and oxygen atoms in total. The maximum absolute atomic E-state index is 12.2. The molecule has 4 aromatic carbocycles. The number of aromatic hydroxyl groups is 5. The predicted octanol–water partition coefficient (Wildman–Crippen LogP) is 3.75. The van der Waals surface area contributed by atoms with Gasteiger partial charge in [-0.15, -0.1) is 0 Å². The van der Waals surface area contributed by atoms with Crippen molar-refractivity contribution in [2.24, 2.45) is 0 Å². The Hall–Kier alpha value is -3.82. The zero-order chi connectivity index (χ0) is 25.8. The maximum atomic E-state index is 12.2. The number of fused-ring (bicyclic) bond motifs is 1. The van der Waals surface area contributed by atoms with Gasteiger partial charge >= 0.3 is 95.4 Å². The van der Waals surface area contributed by atoms with E-state index in [1.165, 1.54) is 19.3 Å². The molecule has 1 aromatic heterocycles. The second-order valence-corrected chi connectivity index (χ2v) is 16.6. The number of rotatable bonds is 3. The quantitative estimate of drug-likeness (QED) is 0.197. The monoisotopic (exact) mass is 612 g/mol.